The molecule has 0 unspecified atom stereocenters. The van der Waals surface area contributed by atoms with Gasteiger partial charge in [-0.15, -0.1) is 0 Å². The summed E-state index contributed by atoms with van der Waals surface area (Å²) in [5.74, 6) is -1.46. The second-order valence-electron chi connectivity index (χ2n) is 7.75. The van der Waals surface area contributed by atoms with E-state index in [-0.39, 0.29) is 25.0 Å². The Morgan fingerprint density at radius 2 is 1.95 bits per heavy atom. The second-order valence-corrected chi connectivity index (χ2v) is 7.75. The Bertz CT molecular complexity index is 633. The van der Waals surface area contributed by atoms with Crippen LogP contribution in [0, 0.1) is 16.7 Å². The molecule has 8 atom stereocenters. The number of aliphatic hydroxyl groups is 2. The highest BCUT2D eigenvalue weighted by Crippen LogP contribution is 2.75. The first kappa shape index (κ1) is 13.3. The molecule has 0 radical (unpaired) electrons. The van der Waals surface area contributed by atoms with Crippen molar-refractivity contribution in [3.05, 3.63) is 0 Å². The van der Waals surface area contributed by atoms with Gasteiger partial charge in [0.25, 0.3) is 0 Å². The van der Waals surface area contributed by atoms with Gasteiger partial charge < -0.3 is 24.4 Å². The maximum Gasteiger partial charge on any atom is 0.342 e. The third-order valence-corrected chi connectivity index (χ3v) is 7.43. The molecule has 3 aliphatic heterocycles. The van der Waals surface area contributed by atoms with Crippen molar-refractivity contribution in [3.8, 4) is 0 Å². The molecular formula is C15H18O7. The van der Waals surface area contributed by atoms with E-state index in [1.165, 1.54) is 0 Å². The molecule has 3 bridgehead atoms. The Balaban J connectivity index is 1.82. The number of carbonyl (C=O) groups is 2. The van der Waals surface area contributed by atoms with Gasteiger partial charge in [-0.05, 0) is 19.3 Å². The van der Waals surface area contributed by atoms with Crippen LogP contribution in [0.2, 0.25) is 0 Å². The Morgan fingerprint density at radius 1 is 1.23 bits per heavy atom. The van der Waals surface area contributed by atoms with Crippen molar-refractivity contribution in [2.45, 2.75) is 56.2 Å². The molecule has 0 aromatic rings. The van der Waals surface area contributed by atoms with Gasteiger partial charge in [0, 0.05) is 11.8 Å². The van der Waals surface area contributed by atoms with Crippen molar-refractivity contribution >= 4 is 11.9 Å². The maximum atomic E-state index is 12.4. The standard InChI is InChI=1S/C15H18O7/c1-6-7-3-14(18)12(2)5-20-11(17)15(12,19)8-4-13(6,14)9(21-7)10(16)22-8/h6-9,18-19H,3-5H2,1-2H3/t6-,7-,8-,9+,12+,13+,14+,15-/m1/s1. The summed E-state index contributed by atoms with van der Waals surface area (Å²) in [6.45, 7) is 3.54. The molecule has 5 aliphatic rings. The number of carbonyl (C=O) groups excluding carboxylic acids is 2. The minimum Gasteiger partial charge on any atom is -0.463 e. The van der Waals surface area contributed by atoms with Crippen molar-refractivity contribution < 1.29 is 34.0 Å². The topological polar surface area (TPSA) is 102 Å². The average Bonchev–Trinajstić information content (AvgIpc) is 2.97. The number of ether oxygens (including phenoxy) is 3. The second kappa shape index (κ2) is 3.20. The van der Waals surface area contributed by atoms with Gasteiger partial charge in [0.05, 0.1) is 17.1 Å². The van der Waals surface area contributed by atoms with Gasteiger partial charge in [-0.2, -0.15) is 0 Å². The van der Waals surface area contributed by atoms with Crippen LogP contribution in [0.3, 0.4) is 0 Å². The highest BCUT2D eigenvalue weighted by atomic mass is 16.6. The summed E-state index contributed by atoms with van der Waals surface area (Å²) in [7, 11) is 0. The molecule has 120 valence electrons. The van der Waals surface area contributed by atoms with Crippen molar-refractivity contribution in [1.82, 2.24) is 0 Å². The molecule has 5 fully saturated rings. The first-order valence-electron chi connectivity index (χ1n) is 7.70. The highest BCUT2D eigenvalue weighted by Gasteiger charge is 2.89. The quantitative estimate of drug-likeness (QED) is 0.561. The van der Waals surface area contributed by atoms with Crippen LogP contribution in [0.25, 0.3) is 0 Å². The third-order valence-electron chi connectivity index (χ3n) is 7.43. The molecule has 3 heterocycles. The van der Waals surface area contributed by atoms with Crippen LogP contribution >= 0.6 is 0 Å². The Morgan fingerprint density at radius 3 is 2.68 bits per heavy atom. The molecule has 2 aliphatic carbocycles. The minimum atomic E-state index is -2.00. The molecule has 7 nitrogen and oxygen atoms in total. The van der Waals surface area contributed by atoms with E-state index in [4.69, 9.17) is 14.2 Å². The minimum absolute atomic E-state index is 0.0464. The fourth-order valence-electron chi connectivity index (χ4n) is 6.11. The largest absolute Gasteiger partial charge is 0.463 e. The van der Waals surface area contributed by atoms with E-state index in [1.807, 2.05) is 6.92 Å². The number of hydrogen-bond donors (Lipinski definition) is 2. The summed E-state index contributed by atoms with van der Waals surface area (Å²) in [5, 5.41) is 22.7. The molecule has 2 N–H and O–H groups in total. The van der Waals surface area contributed by atoms with E-state index < -0.39 is 46.2 Å². The Labute approximate surface area is 126 Å². The molecule has 22 heavy (non-hydrogen) atoms. The zero-order valence-corrected chi connectivity index (χ0v) is 12.4. The van der Waals surface area contributed by atoms with Gasteiger partial charge in [0.2, 0.25) is 5.60 Å². The summed E-state index contributed by atoms with van der Waals surface area (Å²) in [6, 6.07) is 0. The van der Waals surface area contributed by atoms with E-state index in [9.17, 15) is 19.8 Å². The van der Waals surface area contributed by atoms with Crippen molar-refractivity contribution in [2.24, 2.45) is 16.7 Å². The molecule has 5 rings (SSSR count). The molecular weight excluding hydrogens is 292 g/mol. The summed E-state index contributed by atoms with van der Waals surface area (Å²) < 4.78 is 16.3. The van der Waals surface area contributed by atoms with Gasteiger partial charge in [-0.25, -0.2) is 9.59 Å². The van der Waals surface area contributed by atoms with Crippen LogP contribution in [0.4, 0.5) is 0 Å². The predicted molar refractivity (Wildman–Crippen MR) is 68.3 cm³/mol. The lowest BCUT2D eigenvalue weighted by Crippen LogP contribution is -2.80. The fourth-order valence-corrected chi connectivity index (χ4v) is 6.11. The number of rotatable bonds is 0. The first-order chi connectivity index (χ1) is 10.2. The molecule has 2 saturated carbocycles. The van der Waals surface area contributed by atoms with Crippen LogP contribution in [-0.4, -0.2) is 58.3 Å². The molecule has 7 heteroatoms. The van der Waals surface area contributed by atoms with E-state index in [0.717, 1.165) is 0 Å². The zero-order valence-electron chi connectivity index (χ0n) is 12.4. The summed E-state index contributed by atoms with van der Waals surface area (Å²) >= 11 is 0. The van der Waals surface area contributed by atoms with Crippen LogP contribution in [0.1, 0.15) is 26.7 Å². The van der Waals surface area contributed by atoms with Gasteiger partial charge in [0.1, 0.15) is 12.7 Å². The maximum absolute atomic E-state index is 12.4. The monoisotopic (exact) mass is 310 g/mol. The Hall–Kier alpha value is -1.18. The molecule has 3 saturated heterocycles. The number of cyclic esters (lactones) is 1. The lowest BCUT2D eigenvalue weighted by Gasteiger charge is -2.64. The zero-order chi connectivity index (χ0) is 15.7. The highest BCUT2D eigenvalue weighted by molar-refractivity contribution is 5.88. The number of esters is 2. The van der Waals surface area contributed by atoms with Crippen LogP contribution in [-0.2, 0) is 23.8 Å². The van der Waals surface area contributed by atoms with E-state index in [2.05, 4.69) is 0 Å². The normalized spacial score (nSPS) is 64.4. The first-order valence-corrected chi connectivity index (χ1v) is 7.70. The molecule has 0 amide bonds. The van der Waals surface area contributed by atoms with Crippen LogP contribution in [0.5, 0.6) is 0 Å². The third kappa shape index (κ3) is 0.893. The van der Waals surface area contributed by atoms with Crippen LogP contribution < -0.4 is 0 Å². The van der Waals surface area contributed by atoms with E-state index >= 15 is 0 Å². The molecule has 0 aromatic carbocycles. The summed E-state index contributed by atoms with van der Waals surface area (Å²) in [5.41, 5.74) is -5.44. The van der Waals surface area contributed by atoms with E-state index in [0.29, 0.717) is 6.42 Å². The predicted octanol–water partition coefficient (Wildman–Crippen LogP) is -0.866. The lowest BCUT2D eigenvalue weighted by molar-refractivity contribution is -0.325. The molecule has 0 aromatic heterocycles. The molecule has 1 spiro atoms. The average molecular weight is 310 g/mol. The Kier molecular flexibility index (Phi) is 1.93. The summed E-state index contributed by atoms with van der Waals surface area (Å²) in [4.78, 5) is 24.6. The number of fused-ring (bicyclic) bond motifs is 5. The van der Waals surface area contributed by atoms with Crippen molar-refractivity contribution in [2.75, 3.05) is 6.61 Å². The smallest absolute Gasteiger partial charge is 0.342 e. The van der Waals surface area contributed by atoms with Gasteiger partial charge in [-0.1, -0.05) is 6.92 Å². The van der Waals surface area contributed by atoms with E-state index in [1.54, 1.807) is 6.92 Å². The lowest BCUT2D eigenvalue weighted by atomic mass is 9.44. The van der Waals surface area contributed by atoms with Gasteiger partial charge in [-0.3, -0.25) is 0 Å². The van der Waals surface area contributed by atoms with Gasteiger partial charge in [0.15, 0.2) is 6.10 Å². The summed E-state index contributed by atoms with van der Waals surface area (Å²) in [6.07, 6.45) is -1.60. The van der Waals surface area contributed by atoms with Crippen molar-refractivity contribution in [3.63, 3.8) is 0 Å². The van der Waals surface area contributed by atoms with Gasteiger partial charge >= 0.3 is 11.9 Å². The SMILES string of the molecule is C[C@@H]1[C@H]2C[C@@]3(O)[C@@]14C[C@@H](OC(=O)[C@@H]4O2)[C@@]1(O)C(=O)OC[C@@]31C. The number of hydrogen-bond acceptors (Lipinski definition) is 7. The van der Waals surface area contributed by atoms with Crippen molar-refractivity contribution in [1.29, 1.82) is 0 Å². The van der Waals surface area contributed by atoms with Crippen LogP contribution in [0.15, 0.2) is 0 Å². The fraction of sp³-hybridized carbons (Fsp3) is 0.867.